The Hall–Kier alpha value is 0.0300. The Morgan fingerprint density at radius 3 is 1.00 bits per heavy atom. The normalized spacial score (nSPS) is 10.4. The van der Waals surface area contributed by atoms with Crippen LogP contribution in [0.1, 0.15) is 90.9 Å². The second-order valence-electron chi connectivity index (χ2n) is 5.50. The van der Waals surface area contributed by atoms with Crippen molar-refractivity contribution in [1.82, 2.24) is 0 Å². The summed E-state index contributed by atoms with van der Waals surface area (Å²) in [4.78, 5) is 21.6. The number of hydrogen-bond donors (Lipinski definition) is 5. The first-order chi connectivity index (χ1) is 10.8. The Morgan fingerprint density at radius 2 is 0.783 bits per heavy atom. The van der Waals surface area contributed by atoms with E-state index in [9.17, 15) is 0 Å². The minimum Gasteiger partial charge on any atom is -0.396 e. The van der Waals surface area contributed by atoms with Crippen LogP contribution in [0.3, 0.4) is 0 Å². The summed E-state index contributed by atoms with van der Waals surface area (Å²) in [7, 11) is -4.64. The molecule has 144 valence electrons. The van der Waals surface area contributed by atoms with Crippen LogP contribution in [0.15, 0.2) is 0 Å². The van der Waals surface area contributed by atoms with E-state index in [0.717, 1.165) is 12.8 Å². The van der Waals surface area contributed by atoms with Crippen molar-refractivity contribution in [1.29, 1.82) is 0 Å². The molecule has 0 radical (unpaired) electrons. The van der Waals surface area contributed by atoms with Crippen molar-refractivity contribution in [3.63, 3.8) is 0 Å². The molecule has 0 aromatic carbocycles. The van der Waals surface area contributed by atoms with Gasteiger partial charge in [0.05, 0.1) is 0 Å². The molecule has 0 saturated carbocycles. The molecule has 0 unspecified atom stereocenters. The van der Waals surface area contributed by atoms with Crippen LogP contribution in [0.4, 0.5) is 0 Å². The number of phosphoric acid groups is 1. The zero-order valence-corrected chi connectivity index (χ0v) is 15.9. The maximum Gasteiger partial charge on any atom is 0.466 e. The van der Waals surface area contributed by atoms with Crippen LogP contribution in [-0.4, -0.2) is 38.1 Å². The molecule has 0 bridgehead atoms. The van der Waals surface area contributed by atoms with Gasteiger partial charge in [-0.1, -0.05) is 78.1 Å². The van der Waals surface area contributed by atoms with Crippen LogP contribution in [0.25, 0.3) is 0 Å². The largest absolute Gasteiger partial charge is 0.466 e. The fraction of sp³-hybridized carbons (Fsp3) is 1.00. The first-order valence-corrected chi connectivity index (χ1v) is 10.4. The second kappa shape index (κ2) is 24.3. The van der Waals surface area contributed by atoms with E-state index in [1.165, 1.54) is 64.2 Å². The average Bonchev–Trinajstić information content (AvgIpc) is 2.46. The number of rotatable bonds is 12. The fourth-order valence-electron chi connectivity index (χ4n) is 1.78. The summed E-state index contributed by atoms with van der Waals surface area (Å²) in [6.45, 7) is 5.16. The van der Waals surface area contributed by atoms with Gasteiger partial charge in [-0.25, -0.2) is 4.57 Å². The van der Waals surface area contributed by atoms with E-state index >= 15 is 0 Å². The van der Waals surface area contributed by atoms with E-state index in [1.807, 2.05) is 0 Å². The highest BCUT2D eigenvalue weighted by Gasteiger charge is 2.00. The molecular formula is C16H39O6P. The highest BCUT2D eigenvalue weighted by molar-refractivity contribution is 7.45. The quantitative estimate of drug-likeness (QED) is 0.268. The average molecular weight is 358 g/mol. The lowest BCUT2D eigenvalue weighted by atomic mass is 10.1. The third-order valence-electron chi connectivity index (χ3n) is 3.02. The minimum atomic E-state index is -4.64. The maximum atomic E-state index is 8.88. The van der Waals surface area contributed by atoms with Gasteiger partial charge in [0.25, 0.3) is 0 Å². The topological polar surface area (TPSA) is 118 Å². The van der Waals surface area contributed by atoms with Crippen molar-refractivity contribution in [2.75, 3.05) is 13.2 Å². The van der Waals surface area contributed by atoms with Crippen LogP contribution in [-0.2, 0) is 4.57 Å². The van der Waals surface area contributed by atoms with Crippen LogP contribution in [0.2, 0.25) is 0 Å². The molecule has 0 fully saturated rings. The Kier molecular flexibility index (Phi) is 29.4. The number of aliphatic hydroxyl groups is 2. The van der Waals surface area contributed by atoms with Gasteiger partial charge in [-0.2, -0.15) is 0 Å². The third-order valence-corrected chi connectivity index (χ3v) is 3.02. The molecule has 0 aliphatic carbocycles. The Labute approximate surface area is 142 Å². The molecule has 0 atom stereocenters. The van der Waals surface area contributed by atoms with E-state index in [1.54, 1.807) is 0 Å². The smallest absolute Gasteiger partial charge is 0.396 e. The predicted octanol–water partition coefficient (Wildman–Crippen LogP) is 3.75. The van der Waals surface area contributed by atoms with Crippen LogP contribution in [0, 0.1) is 0 Å². The minimum absolute atomic E-state index is 0.367. The van der Waals surface area contributed by atoms with Gasteiger partial charge in [-0.3, -0.25) is 0 Å². The standard InChI is InChI=1S/2C8H18O.H3O4P/c2*1-2-3-4-5-6-7-8-9;1-5(2,3)4/h2*9H,2-8H2,1H3;(H3,1,2,3,4). The van der Waals surface area contributed by atoms with Crippen molar-refractivity contribution in [3.8, 4) is 0 Å². The summed E-state index contributed by atoms with van der Waals surface area (Å²) in [6.07, 6.45) is 15.0. The molecule has 7 heteroatoms. The van der Waals surface area contributed by atoms with Gasteiger partial charge in [0.2, 0.25) is 0 Å². The SMILES string of the molecule is CCCCCCCCO.CCCCCCCCO.O=P(O)(O)O. The molecule has 0 aromatic rings. The third kappa shape index (κ3) is 61.1. The van der Waals surface area contributed by atoms with Crippen LogP contribution >= 0.6 is 7.82 Å². The number of unbranched alkanes of at least 4 members (excludes halogenated alkanes) is 10. The molecule has 5 N–H and O–H groups in total. The van der Waals surface area contributed by atoms with Crippen molar-refractivity contribution in [3.05, 3.63) is 0 Å². The molecule has 0 heterocycles. The Balaban J connectivity index is -0.000000273. The fourth-order valence-corrected chi connectivity index (χ4v) is 1.78. The summed E-state index contributed by atoms with van der Waals surface area (Å²) < 4.78 is 8.88. The molecule has 0 saturated heterocycles. The van der Waals surface area contributed by atoms with Gasteiger partial charge in [0.1, 0.15) is 0 Å². The summed E-state index contributed by atoms with van der Waals surface area (Å²) >= 11 is 0. The van der Waals surface area contributed by atoms with Crippen molar-refractivity contribution in [2.45, 2.75) is 90.9 Å². The van der Waals surface area contributed by atoms with E-state index in [0.29, 0.717) is 13.2 Å². The lowest BCUT2D eigenvalue weighted by Gasteiger charge is -1.95. The lowest BCUT2D eigenvalue weighted by Crippen LogP contribution is -1.82. The van der Waals surface area contributed by atoms with E-state index in [4.69, 9.17) is 29.5 Å². The molecule has 23 heavy (non-hydrogen) atoms. The summed E-state index contributed by atoms with van der Waals surface area (Å²) in [5.74, 6) is 0. The van der Waals surface area contributed by atoms with E-state index < -0.39 is 7.82 Å². The monoisotopic (exact) mass is 358 g/mol. The second-order valence-corrected chi connectivity index (χ2v) is 6.52. The molecule has 0 aliphatic rings. The van der Waals surface area contributed by atoms with Crippen molar-refractivity contribution in [2.24, 2.45) is 0 Å². The Bertz CT molecular complexity index is 198. The predicted molar refractivity (Wildman–Crippen MR) is 95.2 cm³/mol. The highest BCUT2D eigenvalue weighted by atomic mass is 31.2. The number of aliphatic hydroxyl groups excluding tert-OH is 2. The molecular weight excluding hydrogens is 319 g/mol. The molecule has 0 spiro atoms. The molecule has 6 nitrogen and oxygen atoms in total. The van der Waals surface area contributed by atoms with E-state index in [-0.39, 0.29) is 0 Å². The van der Waals surface area contributed by atoms with Gasteiger partial charge < -0.3 is 24.9 Å². The summed E-state index contributed by atoms with van der Waals surface area (Å²) in [5, 5.41) is 16.8. The molecule has 0 aliphatic heterocycles. The lowest BCUT2D eigenvalue weighted by molar-refractivity contribution is 0.275. The first-order valence-electron chi connectivity index (χ1n) is 8.83. The van der Waals surface area contributed by atoms with Crippen LogP contribution < -0.4 is 0 Å². The molecule has 0 rings (SSSR count). The van der Waals surface area contributed by atoms with Crippen LogP contribution in [0.5, 0.6) is 0 Å². The number of hydrogen-bond acceptors (Lipinski definition) is 3. The molecule has 0 aromatic heterocycles. The summed E-state index contributed by atoms with van der Waals surface area (Å²) in [6, 6.07) is 0. The van der Waals surface area contributed by atoms with E-state index in [2.05, 4.69) is 13.8 Å². The van der Waals surface area contributed by atoms with Crippen molar-refractivity contribution < 1.29 is 29.5 Å². The Morgan fingerprint density at radius 1 is 0.565 bits per heavy atom. The van der Waals surface area contributed by atoms with Gasteiger partial charge in [0, 0.05) is 13.2 Å². The van der Waals surface area contributed by atoms with Crippen molar-refractivity contribution >= 4 is 7.82 Å². The zero-order chi connectivity index (χ0) is 18.4. The van der Waals surface area contributed by atoms with Gasteiger partial charge in [0.15, 0.2) is 0 Å². The maximum absolute atomic E-state index is 8.88. The first kappa shape index (κ1) is 27.9. The van der Waals surface area contributed by atoms with Gasteiger partial charge in [-0.05, 0) is 12.8 Å². The van der Waals surface area contributed by atoms with Gasteiger partial charge >= 0.3 is 7.82 Å². The summed E-state index contributed by atoms with van der Waals surface area (Å²) in [5.41, 5.74) is 0. The zero-order valence-electron chi connectivity index (χ0n) is 15.0. The highest BCUT2D eigenvalue weighted by Crippen LogP contribution is 2.25. The van der Waals surface area contributed by atoms with Gasteiger partial charge in [-0.15, -0.1) is 0 Å². The molecule has 0 amide bonds.